The van der Waals surface area contributed by atoms with Crippen molar-refractivity contribution in [2.45, 2.75) is 26.3 Å². The lowest BCUT2D eigenvalue weighted by atomic mass is 9.97. The summed E-state index contributed by atoms with van der Waals surface area (Å²) in [6, 6.07) is 18.2. The molecule has 3 heterocycles. The van der Waals surface area contributed by atoms with Crippen LogP contribution in [0.25, 0.3) is 11.0 Å². The first kappa shape index (κ1) is 18.3. The predicted octanol–water partition coefficient (Wildman–Crippen LogP) is 4.81. The lowest BCUT2D eigenvalue weighted by Crippen LogP contribution is -2.30. The Morgan fingerprint density at radius 2 is 1.80 bits per heavy atom. The van der Waals surface area contributed by atoms with Gasteiger partial charge in [-0.1, -0.05) is 43.3 Å². The summed E-state index contributed by atoms with van der Waals surface area (Å²) in [4.78, 5) is 32.9. The van der Waals surface area contributed by atoms with Crippen molar-refractivity contribution in [3.05, 3.63) is 105 Å². The third-order valence-electron chi connectivity index (χ3n) is 5.63. The van der Waals surface area contributed by atoms with E-state index in [2.05, 4.69) is 11.9 Å². The SMILES string of the molecule is CCc1ccc(C2c3c(oc4ccccc4c3=O)C(=O)N2c2cc(C)ccn2)cc1. The zero-order chi connectivity index (χ0) is 20.8. The van der Waals surface area contributed by atoms with E-state index in [1.54, 1.807) is 35.4 Å². The van der Waals surface area contributed by atoms with Crippen molar-refractivity contribution in [1.82, 2.24) is 4.98 Å². The number of hydrogen-bond acceptors (Lipinski definition) is 4. The molecule has 148 valence electrons. The van der Waals surface area contributed by atoms with Crippen LogP contribution in [-0.4, -0.2) is 10.9 Å². The Morgan fingerprint density at radius 1 is 1.03 bits per heavy atom. The first-order chi connectivity index (χ1) is 14.6. The zero-order valence-electron chi connectivity index (χ0n) is 16.8. The lowest BCUT2D eigenvalue weighted by Gasteiger charge is -2.24. The molecule has 0 radical (unpaired) electrons. The third-order valence-corrected chi connectivity index (χ3v) is 5.63. The number of pyridine rings is 1. The smallest absolute Gasteiger partial charge is 0.296 e. The number of aromatic nitrogens is 1. The van der Waals surface area contributed by atoms with Gasteiger partial charge < -0.3 is 4.42 Å². The highest BCUT2D eigenvalue weighted by Gasteiger charge is 2.44. The van der Waals surface area contributed by atoms with Gasteiger partial charge >= 0.3 is 0 Å². The lowest BCUT2D eigenvalue weighted by molar-refractivity contribution is 0.0970. The van der Waals surface area contributed by atoms with Crippen LogP contribution in [-0.2, 0) is 6.42 Å². The van der Waals surface area contributed by atoms with Gasteiger partial charge in [-0.15, -0.1) is 0 Å². The Bertz CT molecular complexity index is 1340. The number of anilines is 1. The highest BCUT2D eigenvalue weighted by atomic mass is 16.3. The molecule has 0 fully saturated rings. The fourth-order valence-electron chi connectivity index (χ4n) is 4.06. The summed E-state index contributed by atoms with van der Waals surface area (Å²) in [5.41, 5.74) is 3.62. The molecule has 30 heavy (non-hydrogen) atoms. The second-order valence-electron chi connectivity index (χ2n) is 7.53. The van der Waals surface area contributed by atoms with E-state index in [4.69, 9.17) is 4.42 Å². The van der Waals surface area contributed by atoms with Gasteiger partial charge in [-0.3, -0.25) is 14.5 Å². The number of hydrogen-bond donors (Lipinski definition) is 0. The van der Waals surface area contributed by atoms with E-state index in [1.807, 2.05) is 43.3 Å². The van der Waals surface area contributed by atoms with E-state index < -0.39 is 6.04 Å². The summed E-state index contributed by atoms with van der Waals surface area (Å²) in [7, 11) is 0. The Morgan fingerprint density at radius 3 is 2.53 bits per heavy atom. The molecule has 0 saturated heterocycles. The Balaban J connectivity index is 1.80. The minimum atomic E-state index is -0.589. The summed E-state index contributed by atoms with van der Waals surface area (Å²) in [6.45, 7) is 4.04. The number of fused-ring (bicyclic) bond motifs is 2. The molecule has 5 rings (SSSR count). The minimum Gasteiger partial charge on any atom is -0.450 e. The molecule has 2 aromatic heterocycles. The highest BCUT2D eigenvalue weighted by molar-refractivity contribution is 6.10. The van der Waals surface area contributed by atoms with Gasteiger partial charge in [0.15, 0.2) is 5.43 Å². The van der Waals surface area contributed by atoms with Gasteiger partial charge in [0.2, 0.25) is 5.76 Å². The molecule has 1 aliphatic rings. The highest BCUT2D eigenvalue weighted by Crippen LogP contribution is 2.40. The molecule has 4 aromatic rings. The zero-order valence-corrected chi connectivity index (χ0v) is 16.8. The molecular formula is C25H20N2O3. The van der Waals surface area contributed by atoms with Crippen molar-refractivity contribution in [3.63, 3.8) is 0 Å². The van der Waals surface area contributed by atoms with Crippen LogP contribution in [0.2, 0.25) is 0 Å². The van der Waals surface area contributed by atoms with Crippen LogP contribution in [0.1, 0.15) is 45.8 Å². The monoisotopic (exact) mass is 396 g/mol. The maximum Gasteiger partial charge on any atom is 0.296 e. The molecule has 0 saturated carbocycles. The molecule has 0 spiro atoms. The van der Waals surface area contributed by atoms with Crippen molar-refractivity contribution < 1.29 is 9.21 Å². The summed E-state index contributed by atoms with van der Waals surface area (Å²) in [5.74, 6) is 0.238. The molecule has 0 N–H and O–H groups in total. The number of nitrogens with zero attached hydrogens (tertiary/aromatic N) is 2. The van der Waals surface area contributed by atoms with E-state index in [9.17, 15) is 9.59 Å². The van der Waals surface area contributed by atoms with Crippen LogP contribution < -0.4 is 10.3 Å². The number of carbonyl (C=O) groups is 1. The van der Waals surface area contributed by atoms with Crippen LogP contribution >= 0.6 is 0 Å². The molecule has 0 bridgehead atoms. The van der Waals surface area contributed by atoms with Gasteiger partial charge in [0.25, 0.3) is 5.91 Å². The maximum atomic E-state index is 13.5. The van der Waals surface area contributed by atoms with Crippen LogP contribution in [0, 0.1) is 6.92 Å². The Labute approximate surface area is 173 Å². The average molecular weight is 396 g/mol. The number of benzene rings is 2. The fourth-order valence-corrected chi connectivity index (χ4v) is 4.06. The Kier molecular flexibility index (Phi) is 4.24. The van der Waals surface area contributed by atoms with E-state index in [0.29, 0.717) is 22.4 Å². The molecule has 2 aromatic carbocycles. The van der Waals surface area contributed by atoms with Crippen molar-refractivity contribution in [2.75, 3.05) is 4.90 Å². The van der Waals surface area contributed by atoms with Gasteiger partial charge in [-0.25, -0.2) is 4.98 Å². The standard InChI is InChI=1S/C25H20N2O3/c1-3-16-8-10-17(11-9-16)22-21-23(28)18-6-4-5-7-19(18)30-24(21)25(29)27(22)20-14-15(2)12-13-26-20/h4-14,22H,3H2,1-2H3. The maximum absolute atomic E-state index is 13.5. The number of amides is 1. The summed E-state index contributed by atoms with van der Waals surface area (Å²) in [6.07, 6.45) is 2.58. The summed E-state index contributed by atoms with van der Waals surface area (Å²) < 4.78 is 5.96. The van der Waals surface area contributed by atoms with Gasteiger partial charge in [0.1, 0.15) is 11.4 Å². The molecular weight excluding hydrogens is 376 g/mol. The molecule has 1 amide bonds. The number of carbonyl (C=O) groups excluding carboxylic acids is 1. The first-order valence-electron chi connectivity index (χ1n) is 9.99. The van der Waals surface area contributed by atoms with Crippen LogP contribution in [0.3, 0.4) is 0 Å². The number of rotatable bonds is 3. The van der Waals surface area contributed by atoms with Crippen LogP contribution in [0.15, 0.2) is 76.1 Å². The minimum absolute atomic E-state index is 0.0894. The van der Waals surface area contributed by atoms with Crippen molar-refractivity contribution in [1.29, 1.82) is 0 Å². The topological polar surface area (TPSA) is 63.4 Å². The number of aryl methyl sites for hydroxylation is 2. The second-order valence-corrected chi connectivity index (χ2v) is 7.53. The second kappa shape index (κ2) is 6.95. The van der Waals surface area contributed by atoms with Crippen LogP contribution in [0.4, 0.5) is 5.82 Å². The van der Waals surface area contributed by atoms with Crippen molar-refractivity contribution in [2.24, 2.45) is 0 Å². The van der Waals surface area contributed by atoms with E-state index >= 15 is 0 Å². The molecule has 1 atom stereocenters. The van der Waals surface area contributed by atoms with Crippen molar-refractivity contribution >= 4 is 22.7 Å². The predicted molar refractivity (Wildman–Crippen MR) is 116 cm³/mol. The van der Waals surface area contributed by atoms with Crippen LogP contribution in [0.5, 0.6) is 0 Å². The van der Waals surface area contributed by atoms with E-state index in [1.165, 1.54) is 5.56 Å². The quantitative estimate of drug-likeness (QED) is 0.499. The molecule has 5 nitrogen and oxygen atoms in total. The average Bonchev–Trinajstić information content (AvgIpc) is 3.06. The normalized spacial score (nSPS) is 15.6. The van der Waals surface area contributed by atoms with E-state index in [-0.39, 0.29) is 17.1 Å². The van der Waals surface area contributed by atoms with Crippen molar-refractivity contribution in [3.8, 4) is 0 Å². The fraction of sp³-hybridized carbons (Fsp3) is 0.160. The molecule has 1 aliphatic heterocycles. The third kappa shape index (κ3) is 2.74. The largest absolute Gasteiger partial charge is 0.450 e. The first-order valence-corrected chi connectivity index (χ1v) is 9.99. The van der Waals surface area contributed by atoms with E-state index in [0.717, 1.165) is 17.5 Å². The summed E-state index contributed by atoms with van der Waals surface area (Å²) in [5, 5.41) is 0.471. The van der Waals surface area contributed by atoms with Gasteiger partial charge in [0, 0.05) is 6.20 Å². The van der Waals surface area contributed by atoms with Gasteiger partial charge in [-0.05, 0) is 54.3 Å². The molecule has 1 unspecified atom stereocenters. The molecule has 5 heteroatoms. The molecule has 0 aliphatic carbocycles. The Hall–Kier alpha value is -3.73. The number of para-hydroxylation sites is 1. The van der Waals surface area contributed by atoms with Gasteiger partial charge in [-0.2, -0.15) is 0 Å². The van der Waals surface area contributed by atoms with Gasteiger partial charge in [0.05, 0.1) is 17.0 Å². The summed E-state index contributed by atoms with van der Waals surface area (Å²) >= 11 is 0.